The summed E-state index contributed by atoms with van der Waals surface area (Å²) in [5, 5.41) is 10.7. The van der Waals surface area contributed by atoms with E-state index in [1.54, 1.807) is 24.4 Å². The SMILES string of the molecule is COC(=O)c1c(N)c(C(=O)c2ccc([N+](=O)[O-])cc2)n2ccccc12. The number of ketones is 1. The van der Waals surface area contributed by atoms with Crippen LogP contribution in [0.4, 0.5) is 11.4 Å². The van der Waals surface area contributed by atoms with Crippen LogP contribution in [0.25, 0.3) is 5.52 Å². The molecule has 126 valence electrons. The molecule has 0 amide bonds. The van der Waals surface area contributed by atoms with Gasteiger partial charge in [-0.1, -0.05) is 6.07 Å². The number of rotatable bonds is 4. The van der Waals surface area contributed by atoms with Gasteiger partial charge in [0.1, 0.15) is 11.3 Å². The predicted octanol–water partition coefficient (Wildman–Crippen LogP) is 2.45. The number of ether oxygens (including phenoxy) is 1. The van der Waals surface area contributed by atoms with Crippen LogP contribution in [0.15, 0.2) is 48.7 Å². The highest BCUT2D eigenvalue weighted by atomic mass is 16.6. The van der Waals surface area contributed by atoms with Gasteiger partial charge < -0.3 is 14.9 Å². The van der Waals surface area contributed by atoms with Crippen molar-refractivity contribution in [2.24, 2.45) is 0 Å². The largest absolute Gasteiger partial charge is 0.465 e. The Morgan fingerprint density at radius 3 is 2.44 bits per heavy atom. The molecule has 0 aliphatic rings. The van der Waals surface area contributed by atoms with E-state index in [1.165, 1.54) is 35.8 Å². The Hall–Kier alpha value is -3.68. The summed E-state index contributed by atoms with van der Waals surface area (Å²) in [6.45, 7) is 0. The van der Waals surface area contributed by atoms with E-state index in [4.69, 9.17) is 10.5 Å². The lowest BCUT2D eigenvalue weighted by Crippen LogP contribution is -2.09. The zero-order valence-corrected chi connectivity index (χ0v) is 13.1. The molecule has 0 fully saturated rings. The van der Waals surface area contributed by atoms with Crippen LogP contribution in [0.3, 0.4) is 0 Å². The molecule has 1 aromatic carbocycles. The second-order valence-corrected chi connectivity index (χ2v) is 5.22. The predicted molar refractivity (Wildman–Crippen MR) is 89.7 cm³/mol. The molecule has 2 N–H and O–H groups in total. The van der Waals surface area contributed by atoms with Crippen molar-refractivity contribution in [1.82, 2.24) is 4.40 Å². The summed E-state index contributed by atoms with van der Waals surface area (Å²) in [7, 11) is 1.23. The number of nitrogen functional groups attached to an aromatic ring is 1. The van der Waals surface area contributed by atoms with Gasteiger partial charge in [-0.25, -0.2) is 4.79 Å². The number of hydrogen-bond donors (Lipinski definition) is 1. The number of aromatic nitrogens is 1. The maximum Gasteiger partial charge on any atom is 0.342 e. The monoisotopic (exact) mass is 339 g/mol. The van der Waals surface area contributed by atoms with E-state index >= 15 is 0 Å². The van der Waals surface area contributed by atoms with Crippen molar-refractivity contribution in [2.75, 3.05) is 12.8 Å². The van der Waals surface area contributed by atoms with Gasteiger partial charge in [-0.05, 0) is 24.3 Å². The van der Waals surface area contributed by atoms with Crippen LogP contribution in [-0.4, -0.2) is 28.2 Å². The average Bonchev–Trinajstić information content (AvgIpc) is 2.92. The van der Waals surface area contributed by atoms with Gasteiger partial charge in [0.2, 0.25) is 5.78 Å². The fourth-order valence-electron chi connectivity index (χ4n) is 2.65. The molecule has 2 aromatic heterocycles. The lowest BCUT2D eigenvalue weighted by molar-refractivity contribution is -0.384. The third-order valence-electron chi connectivity index (χ3n) is 3.83. The third kappa shape index (κ3) is 2.59. The van der Waals surface area contributed by atoms with E-state index in [9.17, 15) is 19.7 Å². The standard InChI is InChI=1S/C17H13N3O5/c1-25-17(22)13-12-4-2-3-9-19(12)15(14(13)18)16(21)10-5-7-11(8-6-10)20(23)24/h2-9H,18H2,1H3. The number of nitrogens with zero attached hydrogens (tertiary/aromatic N) is 2. The lowest BCUT2D eigenvalue weighted by atomic mass is 10.1. The van der Waals surface area contributed by atoms with E-state index in [2.05, 4.69) is 0 Å². The van der Waals surface area contributed by atoms with Gasteiger partial charge in [-0.2, -0.15) is 0 Å². The molecule has 0 aliphatic carbocycles. The van der Waals surface area contributed by atoms with Crippen LogP contribution in [0.2, 0.25) is 0 Å². The number of carbonyl (C=O) groups excluding carboxylic acids is 2. The molecule has 0 spiro atoms. The number of pyridine rings is 1. The molecule has 0 saturated carbocycles. The van der Waals surface area contributed by atoms with Crippen molar-refractivity contribution in [3.8, 4) is 0 Å². The van der Waals surface area contributed by atoms with Crippen LogP contribution >= 0.6 is 0 Å². The Kier molecular flexibility index (Phi) is 3.94. The van der Waals surface area contributed by atoms with Gasteiger partial charge in [0, 0.05) is 23.9 Å². The molecule has 0 unspecified atom stereocenters. The maximum absolute atomic E-state index is 12.9. The zero-order chi connectivity index (χ0) is 18.1. The van der Waals surface area contributed by atoms with Gasteiger partial charge >= 0.3 is 5.97 Å². The normalized spacial score (nSPS) is 10.6. The number of methoxy groups -OCH3 is 1. The van der Waals surface area contributed by atoms with Crippen LogP contribution in [0.5, 0.6) is 0 Å². The first-order valence-corrected chi connectivity index (χ1v) is 7.21. The second kappa shape index (κ2) is 6.08. The van der Waals surface area contributed by atoms with Crippen molar-refractivity contribution in [3.63, 3.8) is 0 Å². The van der Waals surface area contributed by atoms with Crippen molar-refractivity contribution >= 4 is 28.6 Å². The van der Waals surface area contributed by atoms with E-state index < -0.39 is 16.7 Å². The quantitative estimate of drug-likeness (QED) is 0.338. The van der Waals surface area contributed by atoms with Gasteiger partial charge in [-0.3, -0.25) is 14.9 Å². The fourth-order valence-corrected chi connectivity index (χ4v) is 2.65. The van der Waals surface area contributed by atoms with Crippen LogP contribution in [0, 0.1) is 10.1 Å². The number of nitro groups is 1. The van der Waals surface area contributed by atoms with Gasteiger partial charge in [0.15, 0.2) is 0 Å². The number of benzene rings is 1. The summed E-state index contributed by atoms with van der Waals surface area (Å²) in [5.41, 5.74) is 6.80. The molecule has 2 heterocycles. The minimum Gasteiger partial charge on any atom is -0.465 e. The highest BCUT2D eigenvalue weighted by Crippen LogP contribution is 2.29. The number of nitro benzene ring substituents is 1. The van der Waals surface area contributed by atoms with Crippen molar-refractivity contribution in [2.45, 2.75) is 0 Å². The molecular formula is C17H13N3O5. The van der Waals surface area contributed by atoms with E-state index in [0.717, 1.165) is 0 Å². The molecule has 25 heavy (non-hydrogen) atoms. The van der Waals surface area contributed by atoms with Crippen molar-refractivity contribution in [3.05, 3.63) is 75.6 Å². The Labute approximate surface area is 141 Å². The minimum absolute atomic E-state index is 0.00130. The molecule has 8 nitrogen and oxygen atoms in total. The van der Waals surface area contributed by atoms with E-state index in [1.807, 2.05) is 0 Å². The summed E-state index contributed by atoms with van der Waals surface area (Å²) in [4.78, 5) is 35.1. The van der Waals surface area contributed by atoms with Gasteiger partial charge in [-0.15, -0.1) is 0 Å². The molecule has 8 heteroatoms. The highest BCUT2D eigenvalue weighted by Gasteiger charge is 2.26. The smallest absolute Gasteiger partial charge is 0.342 e. The molecule has 0 bridgehead atoms. The first-order chi connectivity index (χ1) is 12.0. The summed E-state index contributed by atoms with van der Waals surface area (Å²) < 4.78 is 6.25. The van der Waals surface area contributed by atoms with Crippen LogP contribution in [-0.2, 0) is 4.74 Å². The molecule has 0 radical (unpaired) electrons. The lowest BCUT2D eigenvalue weighted by Gasteiger charge is -2.03. The Balaban J connectivity index is 2.18. The summed E-state index contributed by atoms with van der Waals surface area (Å²) in [5.74, 6) is -1.10. The molecule has 0 aliphatic heterocycles. The van der Waals surface area contributed by atoms with Crippen LogP contribution in [0.1, 0.15) is 26.4 Å². The Bertz CT molecular complexity index is 1010. The van der Waals surface area contributed by atoms with Crippen molar-refractivity contribution in [1.29, 1.82) is 0 Å². The molecule has 0 atom stereocenters. The Morgan fingerprint density at radius 1 is 1.16 bits per heavy atom. The summed E-state index contributed by atoms with van der Waals surface area (Å²) in [6.07, 6.45) is 1.61. The number of anilines is 1. The zero-order valence-electron chi connectivity index (χ0n) is 13.1. The van der Waals surface area contributed by atoms with Gasteiger partial charge in [0.05, 0.1) is 23.2 Å². The van der Waals surface area contributed by atoms with Crippen molar-refractivity contribution < 1.29 is 19.2 Å². The Morgan fingerprint density at radius 2 is 1.84 bits per heavy atom. The minimum atomic E-state index is -0.649. The number of carbonyl (C=O) groups is 2. The average molecular weight is 339 g/mol. The number of nitrogens with two attached hydrogens (primary N) is 1. The topological polar surface area (TPSA) is 117 Å². The summed E-state index contributed by atoms with van der Waals surface area (Å²) in [6, 6.07) is 10.2. The molecule has 3 rings (SSSR count). The molecule has 0 saturated heterocycles. The summed E-state index contributed by atoms with van der Waals surface area (Å²) >= 11 is 0. The molecule has 3 aromatic rings. The maximum atomic E-state index is 12.9. The van der Waals surface area contributed by atoms with E-state index in [-0.39, 0.29) is 28.2 Å². The first kappa shape index (κ1) is 16.2. The number of hydrogen-bond acceptors (Lipinski definition) is 6. The van der Waals surface area contributed by atoms with Gasteiger partial charge in [0.25, 0.3) is 5.69 Å². The first-order valence-electron chi connectivity index (χ1n) is 7.21. The van der Waals surface area contributed by atoms with E-state index in [0.29, 0.717) is 5.52 Å². The second-order valence-electron chi connectivity index (χ2n) is 5.22. The number of esters is 1. The highest BCUT2D eigenvalue weighted by molar-refractivity contribution is 6.16. The number of non-ortho nitro benzene ring substituents is 1. The van der Waals surface area contributed by atoms with Crippen LogP contribution < -0.4 is 5.73 Å². The molecular weight excluding hydrogens is 326 g/mol. The third-order valence-corrected chi connectivity index (χ3v) is 3.83. The number of fused-ring (bicyclic) bond motifs is 1. The fraction of sp³-hybridized carbons (Fsp3) is 0.0588.